The number of nitrogens with zero attached hydrogens (tertiary/aromatic N) is 1. The van der Waals surface area contributed by atoms with Crippen molar-refractivity contribution in [2.75, 3.05) is 7.11 Å². The fourth-order valence-electron chi connectivity index (χ4n) is 1.88. The lowest BCUT2D eigenvalue weighted by molar-refractivity contribution is 0.0562. The molecule has 0 aliphatic rings. The molecule has 0 bridgehead atoms. The minimum absolute atomic E-state index is 0.176. The summed E-state index contributed by atoms with van der Waals surface area (Å²) < 4.78 is 10.4. The maximum atomic E-state index is 11.8. The number of carbonyl (C=O) groups excluding carboxylic acids is 1. The van der Waals surface area contributed by atoms with Crippen molar-refractivity contribution in [3.63, 3.8) is 0 Å². The smallest absolute Gasteiger partial charge is 0.376 e. The van der Waals surface area contributed by atoms with E-state index in [0.29, 0.717) is 11.6 Å². The van der Waals surface area contributed by atoms with Crippen LogP contribution >= 0.6 is 0 Å². The van der Waals surface area contributed by atoms with Gasteiger partial charge in [0.25, 0.3) is 0 Å². The molecule has 1 aromatic carbocycles. The normalized spacial score (nSPS) is 11.4. The summed E-state index contributed by atoms with van der Waals surface area (Å²) in [5, 5.41) is 0. The Hall–Kier alpha value is -2.10. The van der Waals surface area contributed by atoms with Crippen LogP contribution < -0.4 is 0 Å². The predicted octanol–water partition coefficient (Wildman–Crippen LogP) is 3.73. The summed E-state index contributed by atoms with van der Waals surface area (Å²) in [5.74, 6) is 0.117. The second-order valence-corrected chi connectivity index (χ2v) is 5.80. The van der Waals surface area contributed by atoms with E-state index in [-0.39, 0.29) is 11.2 Å². The Morgan fingerprint density at radius 3 is 2.30 bits per heavy atom. The summed E-state index contributed by atoms with van der Waals surface area (Å²) in [4.78, 5) is 16.3. The van der Waals surface area contributed by atoms with Gasteiger partial charge in [-0.25, -0.2) is 9.78 Å². The number of rotatable bonds is 2. The van der Waals surface area contributed by atoms with Gasteiger partial charge in [0, 0.05) is 11.0 Å². The zero-order chi connectivity index (χ0) is 14.9. The van der Waals surface area contributed by atoms with Gasteiger partial charge in [-0.1, -0.05) is 38.5 Å². The van der Waals surface area contributed by atoms with E-state index in [1.165, 1.54) is 7.11 Å². The largest absolute Gasteiger partial charge is 0.463 e. The molecule has 0 radical (unpaired) electrons. The topological polar surface area (TPSA) is 52.3 Å². The molecule has 1 heterocycles. The van der Waals surface area contributed by atoms with Crippen molar-refractivity contribution in [1.29, 1.82) is 0 Å². The molecule has 20 heavy (non-hydrogen) atoms. The van der Waals surface area contributed by atoms with Gasteiger partial charge in [0.2, 0.25) is 11.7 Å². The van der Waals surface area contributed by atoms with Crippen LogP contribution in [-0.4, -0.2) is 18.1 Å². The Morgan fingerprint density at radius 2 is 1.80 bits per heavy atom. The zero-order valence-corrected chi connectivity index (χ0v) is 12.5. The lowest BCUT2D eigenvalue weighted by atomic mass is 9.91. The van der Waals surface area contributed by atoms with Crippen molar-refractivity contribution in [2.24, 2.45) is 0 Å². The van der Waals surface area contributed by atoms with Crippen LogP contribution in [0.25, 0.3) is 11.5 Å². The first-order chi connectivity index (χ1) is 9.32. The fourth-order valence-corrected chi connectivity index (χ4v) is 1.88. The molecule has 0 fully saturated rings. The highest BCUT2D eigenvalue weighted by Gasteiger charge is 2.29. The lowest BCUT2D eigenvalue weighted by Gasteiger charge is -2.15. The summed E-state index contributed by atoms with van der Waals surface area (Å²) in [7, 11) is 1.34. The van der Waals surface area contributed by atoms with Crippen LogP contribution in [0.15, 0.2) is 28.7 Å². The standard InChI is InChI=1S/C16H19NO3/c1-10-6-8-11(9-7-10)14-17-13(16(2,3)4)12(20-14)15(18)19-5/h6-9H,1-5H3. The SMILES string of the molecule is COC(=O)c1oc(-c2ccc(C)cc2)nc1C(C)(C)C. The quantitative estimate of drug-likeness (QED) is 0.782. The van der Waals surface area contributed by atoms with E-state index >= 15 is 0 Å². The molecule has 2 rings (SSSR count). The number of aryl methyl sites for hydroxylation is 1. The molecule has 0 amide bonds. The molecule has 4 heteroatoms. The molecule has 0 atom stereocenters. The van der Waals surface area contributed by atoms with Crippen molar-refractivity contribution in [1.82, 2.24) is 4.98 Å². The minimum Gasteiger partial charge on any atom is -0.463 e. The maximum Gasteiger partial charge on any atom is 0.376 e. The summed E-state index contributed by atoms with van der Waals surface area (Å²) in [5.41, 5.74) is 2.32. The van der Waals surface area contributed by atoms with Crippen LogP contribution in [0.1, 0.15) is 42.6 Å². The zero-order valence-electron chi connectivity index (χ0n) is 12.5. The van der Waals surface area contributed by atoms with Gasteiger partial charge < -0.3 is 9.15 Å². The van der Waals surface area contributed by atoms with E-state index in [4.69, 9.17) is 9.15 Å². The van der Waals surface area contributed by atoms with Crippen molar-refractivity contribution < 1.29 is 13.9 Å². The Labute approximate surface area is 118 Å². The molecule has 2 aromatic rings. The van der Waals surface area contributed by atoms with Gasteiger partial charge in [0.05, 0.1) is 7.11 Å². The number of hydrogen-bond donors (Lipinski definition) is 0. The summed E-state index contributed by atoms with van der Waals surface area (Å²) in [6, 6.07) is 7.81. The number of benzene rings is 1. The molecular weight excluding hydrogens is 254 g/mol. The molecule has 0 spiro atoms. The third-order valence-corrected chi connectivity index (χ3v) is 3.01. The molecule has 0 aliphatic carbocycles. The molecular formula is C16H19NO3. The fraction of sp³-hybridized carbons (Fsp3) is 0.375. The Bertz CT molecular complexity index is 618. The Balaban J connectivity index is 2.54. The second kappa shape index (κ2) is 5.12. The van der Waals surface area contributed by atoms with Crippen molar-refractivity contribution in [2.45, 2.75) is 33.1 Å². The molecule has 0 N–H and O–H groups in total. The van der Waals surface area contributed by atoms with E-state index in [2.05, 4.69) is 4.98 Å². The number of ether oxygens (including phenoxy) is 1. The van der Waals surface area contributed by atoms with Crippen LogP contribution in [0.2, 0.25) is 0 Å². The second-order valence-electron chi connectivity index (χ2n) is 5.80. The monoisotopic (exact) mass is 273 g/mol. The first kappa shape index (κ1) is 14.3. The average Bonchev–Trinajstić information content (AvgIpc) is 2.83. The van der Waals surface area contributed by atoms with Gasteiger partial charge >= 0.3 is 5.97 Å². The van der Waals surface area contributed by atoms with Gasteiger partial charge in [0.15, 0.2) is 0 Å². The Kier molecular flexibility index (Phi) is 3.66. The van der Waals surface area contributed by atoms with E-state index in [9.17, 15) is 4.79 Å². The number of carbonyl (C=O) groups is 1. The number of hydrogen-bond acceptors (Lipinski definition) is 4. The van der Waals surface area contributed by atoms with E-state index in [0.717, 1.165) is 11.1 Å². The van der Waals surface area contributed by atoms with E-state index in [1.54, 1.807) is 0 Å². The lowest BCUT2D eigenvalue weighted by Crippen LogP contribution is -2.17. The molecule has 0 aliphatic heterocycles. The van der Waals surface area contributed by atoms with Crippen molar-refractivity contribution in [3.8, 4) is 11.5 Å². The van der Waals surface area contributed by atoms with Crippen LogP contribution in [0.5, 0.6) is 0 Å². The minimum atomic E-state index is -0.499. The molecule has 106 valence electrons. The highest BCUT2D eigenvalue weighted by Crippen LogP contribution is 2.30. The van der Waals surface area contributed by atoms with Gasteiger partial charge in [-0.05, 0) is 19.1 Å². The van der Waals surface area contributed by atoms with Crippen LogP contribution in [0.3, 0.4) is 0 Å². The number of esters is 1. The summed E-state index contributed by atoms with van der Waals surface area (Å²) in [6.45, 7) is 7.96. The molecule has 0 saturated carbocycles. The maximum absolute atomic E-state index is 11.8. The van der Waals surface area contributed by atoms with Crippen molar-refractivity contribution in [3.05, 3.63) is 41.3 Å². The predicted molar refractivity (Wildman–Crippen MR) is 76.7 cm³/mol. The average molecular weight is 273 g/mol. The van der Waals surface area contributed by atoms with Gasteiger partial charge in [-0.3, -0.25) is 0 Å². The Morgan fingerprint density at radius 1 is 1.20 bits per heavy atom. The van der Waals surface area contributed by atoms with E-state index < -0.39 is 5.97 Å². The van der Waals surface area contributed by atoms with Crippen molar-refractivity contribution >= 4 is 5.97 Å². The number of methoxy groups -OCH3 is 1. The van der Waals surface area contributed by atoms with Gasteiger partial charge in [0.1, 0.15) is 5.69 Å². The number of aromatic nitrogens is 1. The highest BCUT2D eigenvalue weighted by atomic mass is 16.5. The first-order valence-electron chi connectivity index (χ1n) is 6.49. The molecule has 0 unspecified atom stereocenters. The first-order valence-corrected chi connectivity index (χ1v) is 6.49. The third kappa shape index (κ3) is 2.74. The van der Waals surface area contributed by atoms with Crippen LogP contribution in [0.4, 0.5) is 0 Å². The highest BCUT2D eigenvalue weighted by molar-refractivity contribution is 5.88. The van der Waals surface area contributed by atoms with Crippen LogP contribution in [0, 0.1) is 6.92 Å². The van der Waals surface area contributed by atoms with Gasteiger partial charge in [-0.15, -0.1) is 0 Å². The third-order valence-electron chi connectivity index (χ3n) is 3.01. The molecule has 0 saturated heterocycles. The van der Waals surface area contributed by atoms with E-state index in [1.807, 2.05) is 52.0 Å². The summed E-state index contributed by atoms with van der Waals surface area (Å²) in [6.07, 6.45) is 0. The number of oxazole rings is 1. The molecule has 1 aromatic heterocycles. The summed E-state index contributed by atoms with van der Waals surface area (Å²) >= 11 is 0. The van der Waals surface area contributed by atoms with Gasteiger partial charge in [-0.2, -0.15) is 0 Å². The molecule has 4 nitrogen and oxygen atoms in total. The van der Waals surface area contributed by atoms with Crippen LogP contribution in [-0.2, 0) is 10.2 Å².